The number of aryl methyl sites for hydroxylation is 1. The fraction of sp³-hybridized carbons (Fsp3) is 0.200. The van der Waals surface area contributed by atoms with E-state index >= 15 is 0 Å². The number of rotatable bonds is 4. The fourth-order valence-corrected chi connectivity index (χ4v) is 1.75. The van der Waals surface area contributed by atoms with Crippen molar-refractivity contribution in [2.75, 3.05) is 6.54 Å². The molecule has 1 aromatic heterocycles. The number of aromatic nitrogens is 1. The Balaban J connectivity index is 1.86. The van der Waals surface area contributed by atoms with E-state index in [9.17, 15) is 4.79 Å². The molecule has 3 nitrogen and oxygen atoms in total. The second kappa shape index (κ2) is 5.96. The van der Waals surface area contributed by atoms with E-state index < -0.39 is 0 Å². The van der Waals surface area contributed by atoms with Crippen molar-refractivity contribution in [3.8, 4) is 0 Å². The van der Waals surface area contributed by atoms with E-state index in [1.807, 2.05) is 25.1 Å². The van der Waals surface area contributed by atoms with Gasteiger partial charge in [0.2, 0.25) is 0 Å². The van der Waals surface area contributed by atoms with Crippen LogP contribution in [-0.4, -0.2) is 17.4 Å². The van der Waals surface area contributed by atoms with Gasteiger partial charge in [0, 0.05) is 24.0 Å². The zero-order valence-electron chi connectivity index (χ0n) is 10.4. The number of pyridine rings is 1. The lowest BCUT2D eigenvalue weighted by atomic mass is 10.1. The molecule has 92 valence electrons. The van der Waals surface area contributed by atoms with Crippen LogP contribution in [0.3, 0.4) is 0 Å². The van der Waals surface area contributed by atoms with E-state index in [-0.39, 0.29) is 5.91 Å². The van der Waals surface area contributed by atoms with Crippen LogP contribution in [0.1, 0.15) is 21.6 Å². The van der Waals surface area contributed by atoms with Gasteiger partial charge in [0.1, 0.15) is 0 Å². The first-order valence-corrected chi connectivity index (χ1v) is 6.00. The normalized spacial score (nSPS) is 10.1. The van der Waals surface area contributed by atoms with E-state index in [2.05, 4.69) is 22.4 Å². The van der Waals surface area contributed by atoms with Crippen LogP contribution in [0.15, 0.2) is 48.7 Å². The van der Waals surface area contributed by atoms with Gasteiger partial charge < -0.3 is 5.32 Å². The van der Waals surface area contributed by atoms with Crippen LogP contribution < -0.4 is 5.32 Å². The van der Waals surface area contributed by atoms with Crippen LogP contribution in [0.25, 0.3) is 0 Å². The first-order valence-electron chi connectivity index (χ1n) is 6.00. The van der Waals surface area contributed by atoms with E-state index in [4.69, 9.17) is 0 Å². The van der Waals surface area contributed by atoms with E-state index in [1.54, 1.807) is 18.3 Å². The molecule has 2 rings (SSSR count). The number of amides is 1. The van der Waals surface area contributed by atoms with Crippen molar-refractivity contribution in [1.29, 1.82) is 0 Å². The quantitative estimate of drug-likeness (QED) is 0.891. The van der Waals surface area contributed by atoms with Gasteiger partial charge in [-0.25, -0.2) is 0 Å². The maximum atomic E-state index is 11.8. The van der Waals surface area contributed by atoms with Gasteiger partial charge in [0.25, 0.3) is 5.91 Å². The van der Waals surface area contributed by atoms with Crippen LogP contribution in [0.2, 0.25) is 0 Å². The van der Waals surface area contributed by atoms with Gasteiger partial charge >= 0.3 is 0 Å². The molecule has 18 heavy (non-hydrogen) atoms. The molecule has 0 aliphatic rings. The predicted molar refractivity (Wildman–Crippen MR) is 71.5 cm³/mol. The summed E-state index contributed by atoms with van der Waals surface area (Å²) in [5.41, 5.74) is 2.74. The second-order valence-electron chi connectivity index (χ2n) is 4.18. The molecule has 2 aromatic rings. The third-order valence-corrected chi connectivity index (χ3v) is 2.70. The summed E-state index contributed by atoms with van der Waals surface area (Å²) in [6.45, 7) is 2.52. The van der Waals surface area contributed by atoms with Crippen molar-refractivity contribution in [2.45, 2.75) is 13.3 Å². The molecule has 0 saturated carbocycles. The number of carbonyl (C=O) groups is 1. The highest BCUT2D eigenvalue weighted by atomic mass is 16.1. The number of nitrogens with one attached hydrogen (secondary N) is 1. The molecular formula is C15H16N2O. The third kappa shape index (κ3) is 3.42. The van der Waals surface area contributed by atoms with Crippen LogP contribution in [0.5, 0.6) is 0 Å². The summed E-state index contributed by atoms with van der Waals surface area (Å²) in [4.78, 5) is 15.9. The number of nitrogens with zero attached hydrogens (tertiary/aromatic N) is 1. The molecule has 0 spiro atoms. The Labute approximate surface area is 107 Å². The van der Waals surface area contributed by atoms with Gasteiger partial charge in [0.15, 0.2) is 0 Å². The Morgan fingerprint density at radius 2 is 2.00 bits per heavy atom. The lowest BCUT2D eigenvalue weighted by Crippen LogP contribution is -2.25. The standard InChI is InChI=1S/C15H16N2O/c1-12-11-14(8-10-16-12)15(18)17-9-7-13-5-3-2-4-6-13/h2-6,8,10-11H,7,9H2,1H3,(H,17,18). The summed E-state index contributed by atoms with van der Waals surface area (Å²) >= 11 is 0. The van der Waals surface area contributed by atoms with Crippen molar-refractivity contribution < 1.29 is 4.79 Å². The van der Waals surface area contributed by atoms with Gasteiger partial charge in [-0.15, -0.1) is 0 Å². The Morgan fingerprint density at radius 3 is 2.72 bits per heavy atom. The first-order chi connectivity index (χ1) is 8.75. The largest absolute Gasteiger partial charge is 0.352 e. The molecule has 0 aliphatic carbocycles. The van der Waals surface area contributed by atoms with Crippen molar-refractivity contribution in [2.24, 2.45) is 0 Å². The van der Waals surface area contributed by atoms with Crippen LogP contribution in [0.4, 0.5) is 0 Å². The summed E-state index contributed by atoms with van der Waals surface area (Å²) in [6.07, 6.45) is 2.50. The summed E-state index contributed by atoms with van der Waals surface area (Å²) in [6, 6.07) is 13.6. The predicted octanol–water partition coefficient (Wildman–Crippen LogP) is 2.36. The zero-order valence-corrected chi connectivity index (χ0v) is 10.4. The molecule has 1 aromatic carbocycles. The van der Waals surface area contributed by atoms with Crippen molar-refractivity contribution in [1.82, 2.24) is 10.3 Å². The molecule has 3 heteroatoms. The number of benzene rings is 1. The topological polar surface area (TPSA) is 42.0 Å². The number of carbonyl (C=O) groups excluding carboxylic acids is 1. The minimum Gasteiger partial charge on any atom is -0.352 e. The Kier molecular flexibility index (Phi) is 4.07. The van der Waals surface area contributed by atoms with Gasteiger partial charge in [0.05, 0.1) is 0 Å². The molecule has 1 amide bonds. The monoisotopic (exact) mass is 240 g/mol. The van der Waals surface area contributed by atoms with Crippen molar-refractivity contribution in [3.05, 3.63) is 65.5 Å². The summed E-state index contributed by atoms with van der Waals surface area (Å²) in [5.74, 6) is -0.0450. The number of hydrogen-bond acceptors (Lipinski definition) is 2. The van der Waals surface area contributed by atoms with Crippen LogP contribution in [0, 0.1) is 6.92 Å². The summed E-state index contributed by atoms with van der Waals surface area (Å²) in [7, 11) is 0. The maximum absolute atomic E-state index is 11.8. The molecule has 0 aliphatic heterocycles. The summed E-state index contributed by atoms with van der Waals surface area (Å²) < 4.78 is 0. The highest BCUT2D eigenvalue weighted by Gasteiger charge is 2.04. The minimum absolute atomic E-state index is 0.0450. The van der Waals surface area contributed by atoms with Gasteiger partial charge in [-0.2, -0.15) is 0 Å². The average Bonchev–Trinajstić information content (AvgIpc) is 2.40. The fourth-order valence-electron chi connectivity index (χ4n) is 1.75. The first kappa shape index (κ1) is 12.3. The average molecular weight is 240 g/mol. The highest BCUT2D eigenvalue weighted by Crippen LogP contribution is 2.01. The van der Waals surface area contributed by atoms with Crippen LogP contribution >= 0.6 is 0 Å². The maximum Gasteiger partial charge on any atom is 0.251 e. The Morgan fingerprint density at radius 1 is 1.22 bits per heavy atom. The molecule has 0 unspecified atom stereocenters. The zero-order chi connectivity index (χ0) is 12.8. The summed E-state index contributed by atoms with van der Waals surface area (Å²) in [5, 5.41) is 2.91. The molecular weight excluding hydrogens is 224 g/mol. The highest BCUT2D eigenvalue weighted by molar-refractivity contribution is 5.94. The minimum atomic E-state index is -0.0450. The lowest BCUT2D eigenvalue weighted by Gasteiger charge is -2.05. The smallest absolute Gasteiger partial charge is 0.251 e. The van der Waals surface area contributed by atoms with E-state index in [0.29, 0.717) is 12.1 Å². The number of hydrogen-bond donors (Lipinski definition) is 1. The molecule has 1 N–H and O–H groups in total. The van der Waals surface area contributed by atoms with Gasteiger partial charge in [-0.3, -0.25) is 9.78 Å². The Hall–Kier alpha value is -2.16. The molecule has 0 radical (unpaired) electrons. The van der Waals surface area contributed by atoms with E-state index in [1.165, 1.54) is 5.56 Å². The molecule has 0 bridgehead atoms. The van der Waals surface area contributed by atoms with Crippen molar-refractivity contribution >= 4 is 5.91 Å². The molecule has 0 fully saturated rings. The molecule has 1 heterocycles. The lowest BCUT2D eigenvalue weighted by molar-refractivity contribution is 0.0954. The van der Waals surface area contributed by atoms with Crippen molar-refractivity contribution in [3.63, 3.8) is 0 Å². The molecule has 0 atom stereocenters. The SMILES string of the molecule is Cc1cc(C(=O)NCCc2ccccc2)ccn1. The van der Waals surface area contributed by atoms with Gasteiger partial charge in [-0.1, -0.05) is 30.3 Å². The third-order valence-electron chi connectivity index (χ3n) is 2.70. The van der Waals surface area contributed by atoms with Gasteiger partial charge in [-0.05, 0) is 31.0 Å². The Bertz CT molecular complexity index is 523. The molecule has 0 saturated heterocycles. The second-order valence-corrected chi connectivity index (χ2v) is 4.18. The van der Waals surface area contributed by atoms with Crippen LogP contribution in [-0.2, 0) is 6.42 Å². The van der Waals surface area contributed by atoms with E-state index in [0.717, 1.165) is 12.1 Å².